The topological polar surface area (TPSA) is 38.0 Å². The molecule has 0 radical (unpaired) electrons. The Morgan fingerprint density at radius 1 is 1.35 bits per heavy atom. The van der Waals surface area contributed by atoms with Crippen molar-refractivity contribution in [1.29, 1.82) is 0 Å². The van der Waals surface area contributed by atoms with E-state index in [1.807, 2.05) is 0 Å². The molecule has 92 valence electrons. The maximum atomic E-state index is 12.4. The minimum atomic E-state index is -4.38. The molecule has 1 aromatic rings. The van der Waals surface area contributed by atoms with Gasteiger partial charge in [0.15, 0.2) is 0 Å². The molecule has 3 N–H and O–H groups in total. The molecular weight excluding hydrogens is 297 g/mol. The van der Waals surface area contributed by atoms with Gasteiger partial charge in [0.25, 0.3) is 0 Å². The maximum Gasteiger partial charge on any atom is 0.416 e. The molecule has 6 heteroatoms. The van der Waals surface area contributed by atoms with Crippen LogP contribution in [0.15, 0.2) is 18.2 Å². The summed E-state index contributed by atoms with van der Waals surface area (Å²) in [4.78, 5) is 0. The molecule has 0 saturated heterocycles. The first-order chi connectivity index (χ1) is 7.99. The molecule has 0 aliphatic heterocycles. The lowest BCUT2D eigenvalue weighted by atomic mass is 10.1. The van der Waals surface area contributed by atoms with Crippen molar-refractivity contribution >= 4 is 21.6 Å². The van der Waals surface area contributed by atoms with E-state index in [-0.39, 0.29) is 5.69 Å². The van der Waals surface area contributed by atoms with Crippen molar-refractivity contribution in [3.8, 4) is 11.8 Å². The average Bonchev–Trinajstić information content (AvgIpc) is 2.28. The van der Waals surface area contributed by atoms with Gasteiger partial charge in [0.2, 0.25) is 0 Å². The number of rotatable bonds is 2. The molecule has 0 atom stereocenters. The molecule has 0 saturated carbocycles. The summed E-state index contributed by atoms with van der Waals surface area (Å²) in [5.74, 6) is 10.7. The quantitative estimate of drug-likeness (QED) is 0.381. The van der Waals surface area contributed by atoms with E-state index in [0.29, 0.717) is 17.3 Å². The van der Waals surface area contributed by atoms with Crippen LogP contribution in [0.3, 0.4) is 0 Å². The molecular formula is C11H10BrF3N2. The van der Waals surface area contributed by atoms with Crippen molar-refractivity contribution < 1.29 is 13.2 Å². The normalized spacial score (nSPS) is 10.6. The molecule has 0 bridgehead atoms. The Kier molecular flexibility index (Phi) is 4.85. The summed E-state index contributed by atoms with van der Waals surface area (Å²) in [7, 11) is 0. The third-order valence-electron chi connectivity index (χ3n) is 1.94. The van der Waals surface area contributed by atoms with Crippen LogP contribution in [0.5, 0.6) is 0 Å². The first-order valence-electron chi connectivity index (χ1n) is 4.71. The molecule has 0 amide bonds. The summed E-state index contributed by atoms with van der Waals surface area (Å²) in [5, 5.41) is 0.714. The van der Waals surface area contributed by atoms with Crippen LogP contribution in [0, 0.1) is 11.8 Å². The molecule has 0 aromatic heterocycles. The molecule has 0 fully saturated rings. The zero-order valence-electron chi connectivity index (χ0n) is 8.74. The number of hydrogen-bond donors (Lipinski definition) is 2. The van der Waals surface area contributed by atoms with E-state index < -0.39 is 11.7 Å². The highest BCUT2D eigenvalue weighted by Gasteiger charge is 2.30. The zero-order valence-corrected chi connectivity index (χ0v) is 10.3. The van der Waals surface area contributed by atoms with Crippen LogP contribution in [0.25, 0.3) is 0 Å². The van der Waals surface area contributed by atoms with Crippen LogP contribution in [0.4, 0.5) is 18.9 Å². The molecule has 0 aliphatic carbocycles. The molecule has 1 aromatic carbocycles. The Hall–Kier alpha value is -1.19. The van der Waals surface area contributed by atoms with Crippen molar-refractivity contribution in [1.82, 2.24) is 0 Å². The van der Waals surface area contributed by atoms with Crippen LogP contribution in [-0.4, -0.2) is 5.33 Å². The van der Waals surface area contributed by atoms with Crippen LogP contribution < -0.4 is 11.3 Å². The van der Waals surface area contributed by atoms with Gasteiger partial charge >= 0.3 is 6.18 Å². The number of nitrogens with one attached hydrogen (secondary N) is 1. The highest BCUT2D eigenvalue weighted by molar-refractivity contribution is 9.09. The number of alkyl halides is 4. The van der Waals surface area contributed by atoms with Crippen molar-refractivity contribution in [2.75, 3.05) is 10.8 Å². The Bertz CT molecular complexity index is 446. The second-order valence-corrected chi connectivity index (χ2v) is 3.94. The third kappa shape index (κ3) is 3.95. The zero-order chi connectivity index (χ0) is 12.9. The highest BCUT2D eigenvalue weighted by Crippen LogP contribution is 2.31. The fourth-order valence-corrected chi connectivity index (χ4v) is 1.35. The fraction of sp³-hybridized carbons (Fsp3) is 0.273. The van der Waals surface area contributed by atoms with E-state index in [1.165, 1.54) is 6.07 Å². The molecule has 0 aliphatic rings. The predicted molar refractivity (Wildman–Crippen MR) is 64.5 cm³/mol. The summed E-state index contributed by atoms with van der Waals surface area (Å²) in [6.07, 6.45) is -3.77. The summed E-state index contributed by atoms with van der Waals surface area (Å²) in [6.45, 7) is 0. The van der Waals surface area contributed by atoms with Gasteiger partial charge in [-0.05, 0) is 18.2 Å². The number of benzene rings is 1. The number of anilines is 1. The third-order valence-corrected chi connectivity index (χ3v) is 2.34. The summed E-state index contributed by atoms with van der Waals surface area (Å²) >= 11 is 3.20. The van der Waals surface area contributed by atoms with E-state index >= 15 is 0 Å². The minimum Gasteiger partial charge on any atom is -0.323 e. The monoisotopic (exact) mass is 306 g/mol. The Morgan fingerprint density at radius 3 is 2.59 bits per heavy atom. The van der Waals surface area contributed by atoms with Gasteiger partial charge in [0.1, 0.15) is 0 Å². The smallest absolute Gasteiger partial charge is 0.323 e. The summed E-state index contributed by atoms with van der Waals surface area (Å²) < 4.78 is 37.3. The lowest BCUT2D eigenvalue weighted by Crippen LogP contribution is -2.11. The molecule has 2 nitrogen and oxygen atoms in total. The van der Waals surface area contributed by atoms with Gasteiger partial charge in [-0.2, -0.15) is 13.2 Å². The van der Waals surface area contributed by atoms with E-state index in [2.05, 4.69) is 33.2 Å². The Labute approximate surface area is 105 Å². The Morgan fingerprint density at radius 2 is 2.06 bits per heavy atom. The SMILES string of the molecule is NNc1cc(C(F)(F)F)ccc1C#CCCBr. The van der Waals surface area contributed by atoms with Gasteiger partial charge in [0, 0.05) is 17.3 Å². The lowest BCUT2D eigenvalue weighted by molar-refractivity contribution is -0.137. The highest BCUT2D eigenvalue weighted by atomic mass is 79.9. The molecule has 17 heavy (non-hydrogen) atoms. The molecule has 0 spiro atoms. The molecule has 0 heterocycles. The van der Waals surface area contributed by atoms with E-state index in [1.54, 1.807) is 0 Å². The van der Waals surface area contributed by atoms with Gasteiger partial charge in [-0.15, -0.1) is 0 Å². The van der Waals surface area contributed by atoms with Crippen LogP contribution in [0.1, 0.15) is 17.5 Å². The first-order valence-corrected chi connectivity index (χ1v) is 5.84. The predicted octanol–water partition coefficient (Wildman–Crippen LogP) is 3.13. The minimum absolute atomic E-state index is 0.168. The maximum absolute atomic E-state index is 12.4. The number of nitrogens with two attached hydrogens (primary N) is 1. The summed E-state index contributed by atoms with van der Waals surface area (Å²) in [6, 6.07) is 3.23. The van der Waals surface area contributed by atoms with Crippen molar-refractivity contribution in [3.63, 3.8) is 0 Å². The fourth-order valence-electron chi connectivity index (χ4n) is 1.15. The van der Waals surface area contributed by atoms with Crippen LogP contribution >= 0.6 is 15.9 Å². The second-order valence-electron chi connectivity index (χ2n) is 3.14. The van der Waals surface area contributed by atoms with Crippen molar-refractivity contribution in [2.45, 2.75) is 12.6 Å². The standard InChI is InChI=1S/C11H10BrF3N2/c12-6-2-1-3-8-4-5-9(11(13,14)15)7-10(8)17-16/h4-5,7,17H,2,6,16H2. The van der Waals surface area contributed by atoms with Gasteiger partial charge < -0.3 is 5.43 Å². The number of nitrogen functional groups attached to an aromatic ring is 1. The molecule has 0 unspecified atom stereocenters. The van der Waals surface area contributed by atoms with Crippen LogP contribution in [-0.2, 0) is 6.18 Å². The van der Waals surface area contributed by atoms with Gasteiger partial charge in [0.05, 0.1) is 11.3 Å². The lowest BCUT2D eigenvalue weighted by Gasteiger charge is -2.10. The Balaban J connectivity index is 3.07. The summed E-state index contributed by atoms with van der Waals surface area (Å²) in [5.41, 5.74) is 2.08. The number of halogens is 4. The van der Waals surface area contributed by atoms with Crippen LogP contribution in [0.2, 0.25) is 0 Å². The van der Waals surface area contributed by atoms with Crippen molar-refractivity contribution in [3.05, 3.63) is 29.3 Å². The van der Waals surface area contributed by atoms with Gasteiger partial charge in [-0.3, -0.25) is 5.84 Å². The average molecular weight is 307 g/mol. The van der Waals surface area contributed by atoms with E-state index in [4.69, 9.17) is 5.84 Å². The molecule has 1 rings (SSSR count). The first kappa shape index (κ1) is 13.9. The van der Waals surface area contributed by atoms with E-state index in [0.717, 1.165) is 12.1 Å². The number of hydrazine groups is 1. The van der Waals surface area contributed by atoms with Gasteiger partial charge in [-0.1, -0.05) is 27.8 Å². The second kappa shape index (κ2) is 5.94. The van der Waals surface area contributed by atoms with E-state index in [9.17, 15) is 13.2 Å². The number of hydrogen-bond acceptors (Lipinski definition) is 2. The van der Waals surface area contributed by atoms with Gasteiger partial charge in [-0.25, -0.2) is 0 Å². The van der Waals surface area contributed by atoms with Crippen molar-refractivity contribution in [2.24, 2.45) is 5.84 Å². The largest absolute Gasteiger partial charge is 0.416 e.